The van der Waals surface area contributed by atoms with Gasteiger partial charge in [-0.1, -0.05) is 30.3 Å². The number of rotatable bonds is 3. The van der Waals surface area contributed by atoms with Gasteiger partial charge in [0.1, 0.15) is 0 Å². The van der Waals surface area contributed by atoms with E-state index in [-0.39, 0.29) is 11.8 Å². The molecule has 0 aromatic heterocycles. The standard InChI is InChI=1S/C17H22N2O/c20-17(15-10-14(15)12-4-2-1-3-5-12)18-16-11-19-8-6-13(16)7-9-19/h1-5,13-16H,6-11H2,(H,18,20)/t14?,15?,16-/m1/s1. The average molecular weight is 270 g/mol. The lowest BCUT2D eigenvalue weighted by molar-refractivity contribution is -0.124. The van der Waals surface area contributed by atoms with Crippen LogP contribution in [0, 0.1) is 11.8 Å². The van der Waals surface area contributed by atoms with Gasteiger partial charge in [-0.05, 0) is 49.8 Å². The van der Waals surface area contributed by atoms with E-state index >= 15 is 0 Å². The number of nitrogens with zero attached hydrogens (tertiary/aromatic N) is 1. The largest absolute Gasteiger partial charge is 0.352 e. The normalized spacial score (nSPS) is 38.5. The van der Waals surface area contributed by atoms with Gasteiger partial charge in [-0.2, -0.15) is 0 Å². The van der Waals surface area contributed by atoms with E-state index in [0.29, 0.717) is 12.0 Å². The van der Waals surface area contributed by atoms with E-state index < -0.39 is 0 Å². The molecule has 1 amide bonds. The highest BCUT2D eigenvalue weighted by atomic mass is 16.2. The molecule has 3 heteroatoms. The highest BCUT2D eigenvalue weighted by Gasteiger charge is 2.45. The zero-order valence-corrected chi connectivity index (χ0v) is 11.8. The molecule has 2 bridgehead atoms. The molecular weight excluding hydrogens is 248 g/mol. The maximum Gasteiger partial charge on any atom is 0.224 e. The molecule has 3 aliphatic heterocycles. The molecule has 106 valence electrons. The van der Waals surface area contributed by atoms with Gasteiger partial charge >= 0.3 is 0 Å². The van der Waals surface area contributed by atoms with Crippen molar-refractivity contribution in [1.82, 2.24) is 10.2 Å². The third-order valence-corrected chi connectivity index (χ3v) is 5.34. The minimum absolute atomic E-state index is 0.216. The van der Waals surface area contributed by atoms with Gasteiger partial charge in [0.15, 0.2) is 0 Å². The first-order valence-corrected chi connectivity index (χ1v) is 7.89. The number of hydrogen-bond donors (Lipinski definition) is 1. The molecule has 1 aliphatic carbocycles. The molecule has 1 N–H and O–H groups in total. The Kier molecular flexibility index (Phi) is 3.03. The minimum Gasteiger partial charge on any atom is -0.352 e. The van der Waals surface area contributed by atoms with Crippen molar-refractivity contribution >= 4 is 5.91 Å². The van der Waals surface area contributed by atoms with Gasteiger partial charge in [0, 0.05) is 18.5 Å². The Bertz CT molecular complexity index is 493. The van der Waals surface area contributed by atoms with Gasteiger partial charge < -0.3 is 10.2 Å². The molecule has 2 unspecified atom stereocenters. The lowest BCUT2D eigenvalue weighted by Crippen LogP contribution is -2.57. The molecule has 4 fully saturated rings. The smallest absolute Gasteiger partial charge is 0.224 e. The molecule has 3 atom stereocenters. The summed E-state index contributed by atoms with van der Waals surface area (Å²) in [5, 5.41) is 3.33. The Balaban J connectivity index is 1.36. The average Bonchev–Trinajstić information content (AvgIpc) is 3.30. The highest BCUT2D eigenvalue weighted by Crippen LogP contribution is 2.47. The SMILES string of the molecule is O=C(N[C@@H]1CN2CCC1CC2)C1CC1c1ccccc1. The van der Waals surface area contributed by atoms with Crippen LogP contribution in [-0.2, 0) is 4.79 Å². The van der Waals surface area contributed by atoms with Crippen LogP contribution >= 0.6 is 0 Å². The fraction of sp³-hybridized carbons (Fsp3) is 0.588. The van der Waals surface area contributed by atoms with Gasteiger partial charge in [0.05, 0.1) is 0 Å². The van der Waals surface area contributed by atoms with Crippen LogP contribution in [0.3, 0.4) is 0 Å². The van der Waals surface area contributed by atoms with Crippen LogP contribution in [0.4, 0.5) is 0 Å². The Labute approximate surface area is 120 Å². The Morgan fingerprint density at radius 2 is 1.90 bits per heavy atom. The number of carbonyl (C=O) groups is 1. The maximum absolute atomic E-state index is 12.4. The van der Waals surface area contributed by atoms with Crippen molar-refractivity contribution in [1.29, 1.82) is 0 Å². The summed E-state index contributed by atoms with van der Waals surface area (Å²) in [7, 11) is 0. The van der Waals surface area contributed by atoms with E-state index in [1.807, 2.05) is 6.07 Å². The molecule has 5 rings (SSSR count). The van der Waals surface area contributed by atoms with E-state index in [2.05, 4.69) is 34.5 Å². The highest BCUT2D eigenvalue weighted by molar-refractivity contribution is 5.83. The lowest BCUT2D eigenvalue weighted by atomic mass is 9.84. The van der Waals surface area contributed by atoms with Crippen LogP contribution in [0.15, 0.2) is 30.3 Å². The zero-order valence-electron chi connectivity index (χ0n) is 11.8. The first-order chi connectivity index (χ1) is 9.81. The van der Waals surface area contributed by atoms with E-state index in [1.54, 1.807) is 0 Å². The summed E-state index contributed by atoms with van der Waals surface area (Å²) in [4.78, 5) is 14.9. The fourth-order valence-electron chi connectivity index (χ4n) is 3.97. The number of carbonyl (C=O) groups excluding carboxylic acids is 1. The first-order valence-electron chi connectivity index (χ1n) is 7.89. The molecule has 3 nitrogen and oxygen atoms in total. The molecule has 4 aliphatic rings. The maximum atomic E-state index is 12.4. The number of benzene rings is 1. The number of fused-ring (bicyclic) bond motifs is 3. The fourth-order valence-corrected chi connectivity index (χ4v) is 3.97. The molecule has 0 radical (unpaired) electrons. The number of nitrogens with one attached hydrogen (secondary N) is 1. The van der Waals surface area contributed by atoms with Crippen molar-refractivity contribution in [3.63, 3.8) is 0 Å². The van der Waals surface area contributed by atoms with Gasteiger partial charge in [0.2, 0.25) is 5.91 Å². The number of piperidine rings is 3. The van der Waals surface area contributed by atoms with Crippen molar-refractivity contribution in [2.75, 3.05) is 19.6 Å². The lowest BCUT2D eigenvalue weighted by Gasteiger charge is -2.45. The molecule has 3 heterocycles. The topological polar surface area (TPSA) is 32.3 Å². The van der Waals surface area contributed by atoms with Crippen molar-refractivity contribution in [3.05, 3.63) is 35.9 Å². The monoisotopic (exact) mass is 270 g/mol. The molecule has 1 saturated carbocycles. The molecule has 0 spiro atoms. The molecule has 20 heavy (non-hydrogen) atoms. The van der Waals surface area contributed by atoms with E-state index in [0.717, 1.165) is 18.9 Å². The zero-order chi connectivity index (χ0) is 13.5. The second-order valence-electron chi connectivity index (χ2n) is 6.61. The summed E-state index contributed by atoms with van der Waals surface area (Å²) in [5.74, 6) is 1.68. The van der Waals surface area contributed by atoms with Gasteiger partial charge in [-0.3, -0.25) is 4.79 Å². The number of hydrogen-bond acceptors (Lipinski definition) is 2. The van der Waals surface area contributed by atoms with Crippen LogP contribution in [0.5, 0.6) is 0 Å². The summed E-state index contributed by atoms with van der Waals surface area (Å²) in [5.41, 5.74) is 1.32. The van der Waals surface area contributed by atoms with Crippen molar-refractivity contribution < 1.29 is 4.79 Å². The van der Waals surface area contributed by atoms with Crippen LogP contribution < -0.4 is 5.32 Å². The third kappa shape index (κ3) is 2.24. The van der Waals surface area contributed by atoms with Crippen molar-refractivity contribution in [2.24, 2.45) is 11.8 Å². The predicted molar refractivity (Wildman–Crippen MR) is 78.4 cm³/mol. The van der Waals surface area contributed by atoms with Crippen LogP contribution in [-0.4, -0.2) is 36.5 Å². The molecule has 3 saturated heterocycles. The van der Waals surface area contributed by atoms with Crippen molar-refractivity contribution in [2.45, 2.75) is 31.2 Å². The summed E-state index contributed by atoms with van der Waals surface area (Å²) >= 11 is 0. The second-order valence-corrected chi connectivity index (χ2v) is 6.61. The molecule has 1 aromatic rings. The van der Waals surface area contributed by atoms with Gasteiger partial charge in [-0.25, -0.2) is 0 Å². The predicted octanol–water partition coefficient (Wildman–Crippen LogP) is 2.00. The van der Waals surface area contributed by atoms with Gasteiger partial charge in [-0.15, -0.1) is 0 Å². The number of amides is 1. The van der Waals surface area contributed by atoms with Crippen molar-refractivity contribution in [3.8, 4) is 0 Å². The van der Waals surface area contributed by atoms with Crippen LogP contribution in [0.2, 0.25) is 0 Å². The first kappa shape index (κ1) is 12.4. The van der Waals surface area contributed by atoms with E-state index in [1.165, 1.54) is 31.5 Å². The third-order valence-electron chi connectivity index (χ3n) is 5.34. The Morgan fingerprint density at radius 1 is 1.15 bits per heavy atom. The summed E-state index contributed by atoms with van der Waals surface area (Å²) in [6, 6.07) is 10.9. The van der Waals surface area contributed by atoms with Crippen LogP contribution in [0.25, 0.3) is 0 Å². The van der Waals surface area contributed by atoms with Gasteiger partial charge in [0.25, 0.3) is 0 Å². The summed E-state index contributed by atoms with van der Waals surface area (Å²) < 4.78 is 0. The summed E-state index contributed by atoms with van der Waals surface area (Å²) in [6.45, 7) is 3.53. The molecular formula is C17H22N2O. The Hall–Kier alpha value is -1.35. The van der Waals surface area contributed by atoms with Crippen LogP contribution in [0.1, 0.15) is 30.7 Å². The van der Waals surface area contributed by atoms with E-state index in [9.17, 15) is 4.79 Å². The molecule has 1 aromatic carbocycles. The van der Waals surface area contributed by atoms with E-state index in [4.69, 9.17) is 0 Å². The Morgan fingerprint density at radius 3 is 2.55 bits per heavy atom. The quantitative estimate of drug-likeness (QED) is 0.911. The second kappa shape index (κ2) is 4.88. The summed E-state index contributed by atoms with van der Waals surface area (Å²) in [6.07, 6.45) is 3.55. The minimum atomic E-state index is 0.216.